The van der Waals surface area contributed by atoms with Crippen LogP contribution in [0.1, 0.15) is 16.7 Å². The Bertz CT molecular complexity index is 1310. The molecule has 0 spiro atoms. The van der Waals surface area contributed by atoms with Gasteiger partial charge in [-0.3, -0.25) is 0 Å². The first-order chi connectivity index (χ1) is 17.2. The van der Waals surface area contributed by atoms with E-state index in [4.69, 9.17) is 13.2 Å². The predicted molar refractivity (Wildman–Crippen MR) is 135 cm³/mol. The van der Waals surface area contributed by atoms with Gasteiger partial charge in [0.25, 0.3) is 0 Å². The predicted octanol–water partition coefficient (Wildman–Crippen LogP) is 2.53. The summed E-state index contributed by atoms with van der Waals surface area (Å²) in [6.45, 7) is 0. The second-order valence-corrected chi connectivity index (χ2v) is 10.8. The van der Waals surface area contributed by atoms with Gasteiger partial charge in [0.05, 0.1) is 34.2 Å². The molecule has 0 radical (unpaired) electrons. The number of nitrogens with zero attached hydrogens (tertiary/aromatic N) is 1. The van der Waals surface area contributed by atoms with Crippen LogP contribution in [-0.2, 0) is 3.74 Å². The molecule has 36 heavy (non-hydrogen) atoms. The van der Waals surface area contributed by atoms with E-state index < -0.39 is 21.0 Å². The van der Waals surface area contributed by atoms with Gasteiger partial charge < -0.3 is 14.4 Å². The van der Waals surface area contributed by atoms with Gasteiger partial charge in [-0.1, -0.05) is 36.4 Å². The van der Waals surface area contributed by atoms with Crippen LogP contribution in [0.25, 0.3) is 10.5 Å². The quantitative estimate of drug-likeness (QED) is 0.415. The molecule has 1 aliphatic rings. The molecule has 1 aliphatic heterocycles. The maximum Gasteiger partial charge on any atom is 0.148 e. The Morgan fingerprint density at radius 1 is 0.667 bits per heavy atom. The van der Waals surface area contributed by atoms with Gasteiger partial charge in [-0.25, -0.2) is 0 Å². The van der Waals surface area contributed by atoms with Crippen LogP contribution in [0.3, 0.4) is 0 Å². The number of hydrogen-bond acceptors (Lipinski definition) is 7. The standard InChI is InChI=1S/C27H26ClNO6S/c1-29(2)23-11-5-19(6-12-23)22-17-26(20-7-13-24(33-3)14-8-20)36(35-28(30,31)32)27(18-22)21-9-15-25(34-4)16-10-21/h5-18H,1-4H3. The lowest BCUT2D eigenvalue weighted by molar-refractivity contribution is -1.91. The monoisotopic (exact) mass is 527 g/mol. The van der Waals surface area contributed by atoms with E-state index in [1.807, 2.05) is 79.7 Å². The maximum atomic E-state index is 11.8. The van der Waals surface area contributed by atoms with E-state index in [1.165, 1.54) is 0 Å². The van der Waals surface area contributed by atoms with Crippen molar-refractivity contribution in [2.24, 2.45) is 0 Å². The summed E-state index contributed by atoms with van der Waals surface area (Å²) in [5.74, 6) is 1.31. The van der Waals surface area contributed by atoms with E-state index in [0.29, 0.717) is 32.4 Å². The molecule has 188 valence electrons. The minimum atomic E-state index is -4.70. The summed E-state index contributed by atoms with van der Waals surface area (Å²) in [6, 6.07) is 22.4. The first kappa shape index (κ1) is 26.0. The minimum absolute atomic E-state index is 0.560. The molecule has 0 saturated heterocycles. The molecule has 0 amide bonds. The summed E-state index contributed by atoms with van der Waals surface area (Å²) >= 11 is 0. The molecule has 0 bridgehead atoms. The molecule has 0 aliphatic carbocycles. The summed E-state index contributed by atoms with van der Waals surface area (Å²) in [7, 11) is 0.860. The summed E-state index contributed by atoms with van der Waals surface area (Å²) in [5.41, 5.74) is 4.25. The van der Waals surface area contributed by atoms with Crippen LogP contribution in [0, 0.1) is 10.2 Å². The van der Waals surface area contributed by atoms with Gasteiger partial charge in [-0.2, -0.15) is 14.0 Å². The van der Waals surface area contributed by atoms with Gasteiger partial charge in [-0.05, 0) is 70.8 Å². The van der Waals surface area contributed by atoms with E-state index in [-0.39, 0.29) is 0 Å². The highest BCUT2D eigenvalue weighted by Crippen LogP contribution is 2.45. The van der Waals surface area contributed by atoms with Crippen molar-refractivity contribution in [3.8, 4) is 11.5 Å². The van der Waals surface area contributed by atoms with Crippen molar-refractivity contribution < 1.29 is 37.4 Å². The molecular formula is C27H26ClNO6S. The van der Waals surface area contributed by atoms with Gasteiger partial charge >= 0.3 is 0 Å². The van der Waals surface area contributed by atoms with Crippen LogP contribution in [0.4, 0.5) is 5.69 Å². The Morgan fingerprint density at radius 3 is 1.64 bits per heavy atom. The van der Waals surface area contributed by atoms with Crippen LogP contribution in [0.15, 0.2) is 84.9 Å². The number of rotatable bonds is 8. The minimum Gasteiger partial charge on any atom is -0.497 e. The summed E-state index contributed by atoms with van der Waals surface area (Å²) in [5, 5.41) is 0. The van der Waals surface area contributed by atoms with Crippen LogP contribution < -0.4 is 28.4 Å². The molecule has 0 fully saturated rings. The van der Waals surface area contributed by atoms with Gasteiger partial charge in [0.2, 0.25) is 0 Å². The lowest BCUT2D eigenvalue weighted by atomic mass is 10.00. The van der Waals surface area contributed by atoms with Crippen molar-refractivity contribution in [3.05, 3.63) is 102 Å². The molecule has 1 unspecified atom stereocenters. The second kappa shape index (κ2) is 10.9. The van der Waals surface area contributed by atoms with E-state index in [9.17, 15) is 14.0 Å². The highest BCUT2D eigenvalue weighted by molar-refractivity contribution is 8.20. The average Bonchev–Trinajstić information content (AvgIpc) is 2.88. The Balaban J connectivity index is 1.94. The zero-order valence-electron chi connectivity index (χ0n) is 20.3. The molecule has 1 atom stereocenters. The summed E-state index contributed by atoms with van der Waals surface area (Å²) < 4.78 is 51.1. The molecule has 9 heteroatoms. The van der Waals surface area contributed by atoms with Crippen LogP contribution in [0.5, 0.6) is 11.5 Å². The van der Waals surface area contributed by atoms with Crippen molar-refractivity contribution in [3.63, 3.8) is 0 Å². The van der Waals surface area contributed by atoms with Crippen LogP contribution >= 0.6 is 10.8 Å². The normalized spacial score (nSPS) is 15.8. The maximum absolute atomic E-state index is 11.8. The van der Waals surface area contributed by atoms with Gasteiger partial charge in [0.15, 0.2) is 0 Å². The number of benzene rings is 3. The number of hydrogen-bond donors (Lipinski definition) is 0. The van der Waals surface area contributed by atoms with Crippen molar-refractivity contribution in [1.29, 1.82) is 0 Å². The Morgan fingerprint density at radius 2 is 1.17 bits per heavy atom. The number of anilines is 1. The molecular weight excluding hydrogens is 502 g/mol. The van der Waals surface area contributed by atoms with E-state index in [0.717, 1.165) is 16.8 Å². The third-order valence-corrected chi connectivity index (χ3v) is 8.21. The molecule has 0 saturated carbocycles. The Kier molecular flexibility index (Phi) is 7.85. The van der Waals surface area contributed by atoms with Gasteiger partial charge in [-0.15, -0.1) is 0 Å². The lowest BCUT2D eigenvalue weighted by Crippen LogP contribution is -2.60. The van der Waals surface area contributed by atoms with E-state index in [2.05, 4.69) is 0 Å². The number of halogens is 1. The van der Waals surface area contributed by atoms with Gasteiger partial charge in [0.1, 0.15) is 26.0 Å². The fraction of sp³-hybridized carbons (Fsp3) is 0.148. The molecule has 3 aromatic carbocycles. The van der Waals surface area contributed by atoms with Crippen molar-refractivity contribution in [2.45, 2.75) is 0 Å². The van der Waals surface area contributed by atoms with Crippen molar-refractivity contribution in [1.82, 2.24) is 0 Å². The molecule has 0 N–H and O–H groups in total. The molecule has 1 heterocycles. The zero-order valence-corrected chi connectivity index (χ0v) is 21.8. The van der Waals surface area contributed by atoms with Crippen LogP contribution in [-0.4, -0.2) is 33.2 Å². The zero-order chi connectivity index (χ0) is 25.9. The fourth-order valence-corrected chi connectivity index (χ4v) is 6.27. The topological polar surface area (TPSA) is 100 Å². The van der Waals surface area contributed by atoms with E-state index in [1.54, 1.807) is 38.5 Å². The molecule has 3 aromatic rings. The summed E-state index contributed by atoms with van der Waals surface area (Å²) in [4.78, 5) is 3.13. The van der Waals surface area contributed by atoms with Crippen molar-refractivity contribution in [2.75, 3.05) is 33.2 Å². The van der Waals surface area contributed by atoms with E-state index >= 15 is 0 Å². The lowest BCUT2D eigenvalue weighted by Gasteiger charge is -2.22. The molecule has 7 nitrogen and oxygen atoms in total. The molecule has 4 rings (SSSR count). The second-order valence-electron chi connectivity index (χ2n) is 8.08. The SMILES string of the molecule is COc1ccc(C2=CC(c3ccc(N(C)C)cc3)=CC(c3ccc(OC)cc3)=S2O[Cl+3]([O-])([O-])[O-])cc1. The molecule has 0 aromatic heterocycles. The average molecular weight is 528 g/mol. The third-order valence-electron chi connectivity index (χ3n) is 5.58. The third kappa shape index (κ3) is 5.99. The number of ether oxygens (including phenoxy) is 2. The van der Waals surface area contributed by atoms with Gasteiger partial charge in [0, 0.05) is 19.8 Å². The highest BCUT2D eigenvalue weighted by Gasteiger charge is 2.32. The first-order valence-electron chi connectivity index (χ1n) is 10.9. The fourth-order valence-electron chi connectivity index (χ4n) is 3.70. The highest BCUT2D eigenvalue weighted by atomic mass is 35.7. The smallest absolute Gasteiger partial charge is 0.148 e. The Hall–Kier alpha value is -3.11. The summed E-state index contributed by atoms with van der Waals surface area (Å²) in [6.07, 6.45) is 3.73. The van der Waals surface area contributed by atoms with Crippen molar-refractivity contribution >= 4 is 31.8 Å². The Labute approximate surface area is 215 Å². The first-order valence-corrected chi connectivity index (χ1v) is 13.3. The largest absolute Gasteiger partial charge is 0.497 e. The number of allylic oxidation sites excluding steroid dienone is 3. The number of methoxy groups -OCH3 is 2. The van der Waals surface area contributed by atoms with Crippen LogP contribution in [0.2, 0.25) is 0 Å².